The first-order valence-corrected chi connectivity index (χ1v) is 4.32. The lowest BCUT2D eigenvalue weighted by Crippen LogP contribution is -1.84. The van der Waals surface area contributed by atoms with Crippen molar-refractivity contribution in [3.05, 3.63) is 35.5 Å². The molecule has 0 aliphatic heterocycles. The summed E-state index contributed by atoms with van der Waals surface area (Å²) in [5.74, 6) is 0. The Morgan fingerprint density at radius 1 is 1.46 bits per heavy atom. The summed E-state index contributed by atoms with van der Waals surface area (Å²) in [6.45, 7) is 2.06. The number of aldehydes is 1. The Kier molecular flexibility index (Phi) is 1.89. The van der Waals surface area contributed by atoms with Gasteiger partial charge in [-0.3, -0.25) is 0 Å². The van der Waals surface area contributed by atoms with Gasteiger partial charge in [0.2, 0.25) is 0 Å². The maximum Gasteiger partial charge on any atom is 0.124 e. The first-order valence-electron chi connectivity index (χ1n) is 4.32. The van der Waals surface area contributed by atoms with Crippen LogP contribution in [-0.2, 0) is 11.2 Å². The normalized spacial score (nSPS) is 10.5. The van der Waals surface area contributed by atoms with E-state index in [1.807, 2.05) is 18.3 Å². The van der Waals surface area contributed by atoms with Gasteiger partial charge in [0.25, 0.3) is 0 Å². The van der Waals surface area contributed by atoms with Gasteiger partial charge in [0.15, 0.2) is 0 Å². The van der Waals surface area contributed by atoms with Gasteiger partial charge >= 0.3 is 0 Å². The second kappa shape index (κ2) is 3.05. The van der Waals surface area contributed by atoms with Crippen LogP contribution in [0.1, 0.15) is 11.1 Å². The molecule has 0 unspecified atom stereocenters. The van der Waals surface area contributed by atoms with Crippen molar-refractivity contribution in [3.8, 4) is 0 Å². The lowest BCUT2D eigenvalue weighted by Gasteiger charge is -1.97. The molecule has 2 nitrogen and oxygen atoms in total. The molecule has 0 saturated carbocycles. The summed E-state index contributed by atoms with van der Waals surface area (Å²) >= 11 is 0. The summed E-state index contributed by atoms with van der Waals surface area (Å²) in [6, 6.07) is 6.10. The Morgan fingerprint density at radius 2 is 2.31 bits per heavy atom. The number of benzene rings is 1. The molecule has 0 atom stereocenters. The molecule has 0 saturated heterocycles. The highest BCUT2D eigenvalue weighted by molar-refractivity contribution is 5.88. The van der Waals surface area contributed by atoms with E-state index in [9.17, 15) is 4.79 Å². The Hall–Kier alpha value is -1.57. The molecule has 1 aromatic carbocycles. The first kappa shape index (κ1) is 8.05. The Bertz CT molecular complexity index is 442. The molecule has 0 bridgehead atoms. The van der Waals surface area contributed by atoms with Crippen molar-refractivity contribution in [1.29, 1.82) is 0 Å². The molecule has 13 heavy (non-hydrogen) atoms. The number of hydrogen-bond donors (Lipinski definition) is 1. The molecule has 0 aliphatic rings. The van der Waals surface area contributed by atoms with E-state index in [1.165, 1.54) is 10.9 Å². The zero-order valence-corrected chi connectivity index (χ0v) is 7.50. The maximum absolute atomic E-state index is 10.4. The third-order valence-corrected chi connectivity index (χ3v) is 2.30. The van der Waals surface area contributed by atoms with E-state index in [0.717, 1.165) is 17.4 Å². The zero-order chi connectivity index (χ0) is 9.26. The minimum atomic E-state index is 0.491. The third kappa shape index (κ3) is 1.24. The molecular weight excluding hydrogens is 162 g/mol. The number of rotatable bonds is 2. The Balaban J connectivity index is 2.70. The lowest BCUT2D eigenvalue weighted by atomic mass is 10.1. The lowest BCUT2D eigenvalue weighted by molar-refractivity contribution is -0.107. The Labute approximate surface area is 76.6 Å². The number of carbonyl (C=O) groups excluding carboxylic acids is 1. The van der Waals surface area contributed by atoms with Gasteiger partial charge in [-0.1, -0.05) is 12.1 Å². The number of aromatic amines is 1. The van der Waals surface area contributed by atoms with Gasteiger partial charge in [0.05, 0.1) is 0 Å². The van der Waals surface area contributed by atoms with Gasteiger partial charge in [0.1, 0.15) is 6.29 Å². The molecular formula is C11H11NO. The fourth-order valence-corrected chi connectivity index (χ4v) is 1.70. The molecule has 0 amide bonds. The molecule has 66 valence electrons. The zero-order valence-electron chi connectivity index (χ0n) is 7.50. The van der Waals surface area contributed by atoms with E-state index in [1.54, 1.807) is 0 Å². The average Bonchev–Trinajstić information content (AvgIpc) is 2.51. The molecule has 2 heteroatoms. The fourth-order valence-electron chi connectivity index (χ4n) is 1.70. The van der Waals surface area contributed by atoms with E-state index in [2.05, 4.69) is 18.0 Å². The first-order chi connectivity index (χ1) is 6.33. The number of fused-ring (bicyclic) bond motifs is 1. The van der Waals surface area contributed by atoms with Crippen LogP contribution in [0.15, 0.2) is 24.4 Å². The summed E-state index contributed by atoms with van der Waals surface area (Å²) in [7, 11) is 0. The van der Waals surface area contributed by atoms with E-state index in [-0.39, 0.29) is 0 Å². The molecule has 1 N–H and O–H groups in total. The second-order valence-electron chi connectivity index (χ2n) is 3.18. The SMILES string of the molecule is Cc1cccc2[nH]cc(CC=O)c12. The summed E-state index contributed by atoms with van der Waals surface area (Å²) in [4.78, 5) is 13.6. The van der Waals surface area contributed by atoms with Crippen molar-refractivity contribution >= 4 is 17.2 Å². The van der Waals surface area contributed by atoms with Crippen LogP contribution in [0.25, 0.3) is 10.9 Å². The molecule has 0 radical (unpaired) electrons. The molecule has 2 aromatic rings. The summed E-state index contributed by atoms with van der Waals surface area (Å²) in [5.41, 5.74) is 3.41. The number of H-pyrrole nitrogens is 1. The minimum Gasteiger partial charge on any atom is -0.361 e. The van der Waals surface area contributed by atoms with Gasteiger partial charge in [-0.2, -0.15) is 0 Å². The van der Waals surface area contributed by atoms with Crippen LogP contribution in [0.2, 0.25) is 0 Å². The fraction of sp³-hybridized carbons (Fsp3) is 0.182. The van der Waals surface area contributed by atoms with Crippen molar-refractivity contribution < 1.29 is 4.79 Å². The smallest absolute Gasteiger partial charge is 0.124 e. The van der Waals surface area contributed by atoms with Crippen molar-refractivity contribution in [2.75, 3.05) is 0 Å². The van der Waals surface area contributed by atoms with Gasteiger partial charge in [-0.05, 0) is 24.1 Å². The van der Waals surface area contributed by atoms with Gasteiger partial charge in [-0.25, -0.2) is 0 Å². The van der Waals surface area contributed by atoms with Crippen molar-refractivity contribution in [3.63, 3.8) is 0 Å². The van der Waals surface area contributed by atoms with E-state index >= 15 is 0 Å². The van der Waals surface area contributed by atoms with Gasteiger partial charge in [-0.15, -0.1) is 0 Å². The largest absolute Gasteiger partial charge is 0.361 e. The van der Waals surface area contributed by atoms with Crippen LogP contribution in [-0.4, -0.2) is 11.3 Å². The molecule has 2 rings (SSSR count). The number of aryl methyl sites for hydroxylation is 1. The highest BCUT2D eigenvalue weighted by atomic mass is 16.1. The molecule has 0 spiro atoms. The molecule has 1 aromatic heterocycles. The van der Waals surface area contributed by atoms with E-state index in [4.69, 9.17) is 0 Å². The topological polar surface area (TPSA) is 32.9 Å². The summed E-state index contributed by atoms with van der Waals surface area (Å²) < 4.78 is 0. The number of hydrogen-bond acceptors (Lipinski definition) is 1. The van der Waals surface area contributed by atoms with Gasteiger partial charge in [0, 0.05) is 23.5 Å². The molecule has 1 heterocycles. The summed E-state index contributed by atoms with van der Waals surface area (Å²) in [5, 5.41) is 1.19. The average molecular weight is 173 g/mol. The standard InChI is InChI=1S/C11H11NO/c1-8-3-2-4-10-11(8)9(5-6-13)7-12-10/h2-4,6-7,12H,5H2,1H3. The van der Waals surface area contributed by atoms with Crippen LogP contribution >= 0.6 is 0 Å². The maximum atomic E-state index is 10.4. The van der Waals surface area contributed by atoms with Crippen molar-refractivity contribution in [2.45, 2.75) is 13.3 Å². The third-order valence-electron chi connectivity index (χ3n) is 2.30. The van der Waals surface area contributed by atoms with Crippen LogP contribution in [0.5, 0.6) is 0 Å². The highest BCUT2D eigenvalue weighted by Crippen LogP contribution is 2.21. The summed E-state index contributed by atoms with van der Waals surface area (Å²) in [6.07, 6.45) is 3.34. The number of nitrogens with one attached hydrogen (secondary N) is 1. The molecule has 0 fully saturated rings. The van der Waals surface area contributed by atoms with Crippen LogP contribution in [0.3, 0.4) is 0 Å². The number of carbonyl (C=O) groups is 1. The van der Waals surface area contributed by atoms with Crippen LogP contribution in [0, 0.1) is 6.92 Å². The quantitative estimate of drug-likeness (QED) is 0.694. The highest BCUT2D eigenvalue weighted by Gasteiger charge is 2.04. The van der Waals surface area contributed by atoms with E-state index < -0.39 is 0 Å². The van der Waals surface area contributed by atoms with Crippen LogP contribution in [0.4, 0.5) is 0 Å². The van der Waals surface area contributed by atoms with Crippen molar-refractivity contribution in [1.82, 2.24) is 4.98 Å². The minimum absolute atomic E-state index is 0.491. The van der Waals surface area contributed by atoms with E-state index in [0.29, 0.717) is 6.42 Å². The number of aromatic nitrogens is 1. The monoisotopic (exact) mass is 173 g/mol. The van der Waals surface area contributed by atoms with Gasteiger partial charge < -0.3 is 9.78 Å². The molecule has 0 aliphatic carbocycles. The predicted octanol–water partition coefficient (Wildman–Crippen LogP) is 2.22. The Morgan fingerprint density at radius 3 is 3.08 bits per heavy atom. The van der Waals surface area contributed by atoms with Crippen molar-refractivity contribution in [2.24, 2.45) is 0 Å². The van der Waals surface area contributed by atoms with Crippen LogP contribution < -0.4 is 0 Å². The predicted molar refractivity (Wildman–Crippen MR) is 52.8 cm³/mol. The second-order valence-corrected chi connectivity index (χ2v) is 3.18.